The molecule has 0 atom stereocenters. The molecule has 1 aromatic carbocycles. The SMILES string of the molecule is CC(C)(C)c1nnnn1CC(=O)c1cccc(N2CCCC2=O)c1. The quantitative estimate of drug-likeness (QED) is 0.802. The summed E-state index contributed by atoms with van der Waals surface area (Å²) >= 11 is 0. The number of carbonyl (C=O) groups is 2. The van der Waals surface area contributed by atoms with E-state index in [0.717, 1.165) is 12.1 Å². The zero-order valence-corrected chi connectivity index (χ0v) is 14.2. The van der Waals surface area contributed by atoms with E-state index in [2.05, 4.69) is 15.5 Å². The Bertz CT molecular complexity index is 775. The molecule has 0 radical (unpaired) electrons. The summed E-state index contributed by atoms with van der Waals surface area (Å²) in [6.45, 7) is 6.78. The van der Waals surface area contributed by atoms with Crippen LogP contribution in [0.15, 0.2) is 24.3 Å². The Morgan fingerprint density at radius 1 is 1.29 bits per heavy atom. The van der Waals surface area contributed by atoms with Gasteiger partial charge >= 0.3 is 0 Å². The smallest absolute Gasteiger partial charge is 0.227 e. The monoisotopic (exact) mass is 327 g/mol. The third kappa shape index (κ3) is 3.20. The summed E-state index contributed by atoms with van der Waals surface area (Å²) < 4.78 is 1.54. The minimum absolute atomic E-state index is 0.0804. The summed E-state index contributed by atoms with van der Waals surface area (Å²) in [5.74, 6) is 0.693. The number of tetrazole rings is 1. The van der Waals surface area contributed by atoms with Crippen LogP contribution in [0.3, 0.4) is 0 Å². The number of rotatable bonds is 4. The number of hydrogen-bond acceptors (Lipinski definition) is 5. The largest absolute Gasteiger partial charge is 0.312 e. The van der Waals surface area contributed by atoms with Gasteiger partial charge in [-0.05, 0) is 29.0 Å². The maximum Gasteiger partial charge on any atom is 0.227 e. The van der Waals surface area contributed by atoms with Gasteiger partial charge in [-0.2, -0.15) is 0 Å². The molecule has 2 heterocycles. The molecule has 7 nitrogen and oxygen atoms in total. The summed E-state index contributed by atoms with van der Waals surface area (Å²) in [6.07, 6.45) is 1.42. The van der Waals surface area contributed by atoms with Crippen LogP contribution in [0.5, 0.6) is 0 Å². The lowest BCUT2D eigenvalue weighted by molar-refractivity contribution is -0.117. The van der Waals surface area contributed by atoms with Crippen LogP contribution in [-0.4, -0.2) is 38.4 Å². The normalized spacial score (nSPS) is 15.1. The van der Waals surface area contributed by atoms with Crippen molar-refractivity contribution in [2.45, 2.75) is 45.6 Å². The highest BCUT2D eigenvalue weighted by Gasteiger charge is 2.25. The highest BCUT2D eigenvalue weighted by Crippen LogP contribution is 2.23. The Labute approximate surface area is 140 Å². The summed E-state index contributed by atoms with van der Waals surface area (Å²) in [5, 5.41) is 11.6. The average Bonchev–Trinajstić information content (AvgIpc) is 3.15. The highest BCUT2D eigenvalue weighted by atomic mass is 16.2. The number of anilines is 1. The second-order valence-electron chi connectivity index (χ2n) is 7.03. The van der Waals surface area contributed by atoms with Crippen molar-refractivity contribution in [1.82, 2.24) is 20.2 Å². The molecule has 7 heteroatoms. The maximum absolute atomic E-state index is 12.6. The van der Waals surface area contributed by atoms with Gasteiger partial charge < -0.3 is 4.90 Å². The zero-order valence-electron chi connectivity index (χ0n) is 14.2. The number of Topliss-reactive ketones (excluding diaryl/α,β-unsaturated/α-hetero) is 1. The molecule has 1 amide bonds. The van der Waals surface area contributed by atoms with E-state index in [1.165, 1.54) is 4.68 Å². The summed E-state index contributed by atoms with van der Waals surface area (Å²) in [4.78, 5) is 26.2. The second kappa shape index (κ2) is 6.14. The summed E-state index contributed by atoms with van der Waals surface area (Å²) in [5.41, 5.74) is 1.09. The van der Waals surface area contributed by atoms with Crippen LogP contribution in [0.2, 0.25) is 0 Å². The molecular formula is C17H21N5O2. The first-order valence-electron chi connectivity index (χ1n) is 8.06. The molecule has 126 valence electrons. The standard InChI is InChI=1S/C17H21N5O2/c1-17(2,3)16-18-19-20-22(16)11-14(23)12-6-4-7-13(10-12)21-9-5-8-15(21)24/h4,6-7,10H,5,8-9,11H2,1-3H3. The fourth-order valence-corrected chi connectivity index (χ4v) is 2.84. The number of carbonyl (C=O) groups excluding carboxylic acids is 2. The fraction of sp³-hybridized carbons (Fsp3) is 0.471. The lowest BCUT2D eigenvalue weighted by Gasteiger charge is -2.18. The van der Waals surface area contributed by atoms with Crippen LogP contribution in [0.4, 0.5) is 5.69 Å². The lowest BCUT2D eigenvalue weighted by Crippen LogP contribution is -2.24. The van der Waals surface area contributed by atoms with Gasteiger partial charge in [0, 0.05) is 29.6 Å². The van der Waals surface area contributed by atoms with E-state index >= 15 is 0 Å². The number of ketones is 1. The molecule has 1 saturated heterocycles. The van der Waals surface area contributed by atoms with Gasteiger partial charge in [0.2, 0.25) is 5.91 Å². The minimum Gasteiger partial charge on any atom is -0.312 e. The van der Waals surface area contributed by atoms with E-state index < -0.39 is 0 Å². The summed E-state index contributed by atoms with van der Waals surface area (Å²) in [6, 6.07) is 7.19. The topological polar surface area (TPSA) is 81.0 Å². The predicted molar refractivity (Wildman–Crippen MR) is 88.9 cm³/mol. The first-order chi connectivity index (χ1) is 11.4. The fourth-order valence-electron chi connectivity index (χ4n) is 2.84. The molecule has 0 aliphatic carbocycles. The Morgan fingerprint density at radius 3 is 2.75 bits per heavy atom. The van der Waals surface area contributed by atoms with Crippen LogP contribution in [0.1, 0.15) is 49.8 Å². The Morgan fingerprint density at radius 2 is 2.08 bits per heavy atom. The van der Waals surface area contributed by atoms with Gasteiger partial charge in [-0.1, -0.05) is 32.9 Å². The van der Waals surface area contributed by atoms with Gasteiger partial charge in [0.15, 0.2) is 11.6 Å². The molecule has 0 unspecified atom stereocenters. The van der Waals surface area contributed by atoms with Crippen LogP contribution in [0, 0.1) is 0 Å². The van der Waals surface area contributed by atoms with Crippen molar-refractivity contribution in [3.63, 3.8) is 0 Å². The molecule has 1 fully saturated rings. The van der Waals surface area contributed by atoms with Gasteiger partial charge in [-0.15, -0.1) is 5.10 Å². The number of hydrogen-bond donors (Lipinski definition) is 0. The van der Waals surface area contributed by atoms with Crippen molar-refractivity contribution in [2.24, 2.45) is 0 Å². The summed E-state index contributed by atoms with van der Waals surface area (Å²) in [7, 11) is 0. The molecule has 2 aromatic rings. The third-order valence-electron chi connectivity index (χ3n) is 4.05. The van der Waals surface area contributed by atoms with E-state index in [-0.39, 0.29) is 23.7 Å². The van der Waals surface area contributed by atoms with Crippen molar-refractivity contribution in [3.8, 4) is 0 Å². The van der Waals surface area contributed by atoms with E-state index in [4.69, 9.17) is 0 Å². The van der Waals surface area contributed by atoms with E-state index in [1.54, 1.807) is 23.1 Å². The van der Waals surface area contributed by atoms with Gasteiger partial charge in [0.1, 0.15) is 6.54 Å². The van der Waals surface area contributed by atoms with E-state index in [0.29, 0.717) is 24.4 Å². The Balaban J connectivity index is 1.81. The number of nitrogens with zero attached hydrogens (tertiary/aromatic N) is 5. The van der Waals surface area contributed by atoms with Crippen molar-refractivity contribution >= 4 is 17.4 Å². The second-order valence-corrected chi connectivity index (χ2v) is 7.03. The van der Waals surface area contributed by atoms with Crippen LogP contribution < -0.4 is 4.90 Å². The van der Waals surface area contributed by atoms with Crippen LogP contribution in [0.25, 0.3) is 0 Å². The average molecular weight is 327 g/mol. The zero-order chi connectivity index (χ0) is 17.3. The molecule has 0 saturated carbocycles. The lowest BCUT2D eigenvalue weighted by atomic mass is 9.96. The van der Waals surface area contributed by atoms with Gasteiger partial charge in [0.05, 0.1) is 0 Å². The van der Waals surface area contributed by atoms with Gasteiger partial charge in [-0.3, -0.25) is 9.59 Å². The van der Waals surface area contributed by atoms with Crippen molar-refractivity contribution < 1.29 is 9.59 Å². The molecule has 0 bridgehead atoms. The minimum atomic E-state index is -0.242. The molecule has 1 aromatic heterocycles. The van der Waals surface area contributed by atoms with Gasteiger partial charge in [0.25, 0.3) is 0 Å². The van der Waals surface area contributed by atoms with Crippen molar-refractivity contribution in [2.75, 3.05) is 11.4 Å². The molecular weight excluding hydrogens is 306 g/mol. The van der Waals surface area contributed by atoms with E-state index in [9.17, 15) is 9.59 Å². The molecule has 1 aliphatic heterocycles. The molecule has 0 N–H and O–H groups in total. The first-order valence-corrected chi connectivity index (χ1v) is 8.06. The molecule has 0 spiro atoms. The van der Waals surface area contributed by atoms with Gasteiger partial charge in [-0.25, -0.2) is 4.68 Å². The van der Waals surface area contributed by atoms with Crippen molar-refractivity contribution in [3.05, 3.63) is 35.7 Å². The van der Waals surface area contributed by atoms with E-state index in [1.807, 2.05) is 26.8 Å². The van der Waals surface area contributed by atoms with Crippen LogP contribution >= 0.6 is 0 Å². The first kappa shape index (κ1) is 16.3. The highest BCUT2D eigenvalue weighted by molar-refractivity contribution is 5.99. The van der Waals surface area contributed by atoms with Crippen molar-refractivity contribution in [1.29, 1.82) is 0 Å². The number of aromatic nitrogens is 4. The Hall–Kier alpha value is -2.57. The van der Waals surface area contributed by atoms with Crippen LogP contribution in [-0.2, 0) is 16.8 Å². The maximum atomic E-state index is 12.6. The molecule has 24 heavy (non-hydrogen) atoms. The predicted octanol–water partition coefficient (Wildman–Crippen LogP) is 1.98. The number of amides is 1. The third-order valence-corrected chi connectivity index (χ3v) is 4.05. The Kier molecular flexibility index (Phi) is 4.17. The molecule has 3 rings (SSSR count). The molecule has 1 aliphatic rings. The number of benzene rings is 1.